The quantitative estimate of drug-likeness (QED) is 0.326. The molecular weight excluding hydrogens is 124 g/mol. The fourth-order valence-electron chi connectivity index (χ4n) is 0.500. The highest BCUT2D eigenvalue weighted by Crippen LogP contribution is 1.86. The summed E-state index contributed by atoms with van der Waals surface area (Å²) in [6, 6.07) is -1.76. The Balaban J connectivity index is 2.68. The van der Waals surface area contributed by atoms with E-state index in [2.05, 4.69) is 0 Å². The molecule has 0 aromatic rings. The van der Waals surface area contributed by atoms with Gasteiger partial charge in [-0.15, -0.1) is 0 Å². The van der Waals surface area contributed by atoms with Crippen LogP contribution in [0.25, 0.3) is 0 Å². The number of nitrogens with one attached hydrogen (secondary N) is 2. The Morgan fingerprint density at radius 1 is 1.44 bits per heavy atom. The Labute approximate surface area is 50.4 Å². The zero-order valence-corrected chi connectivity index (χ0v) is 4.30. The van der Waals surface area contributed by atoms with E-state index in [4.69, 9.17) is 0 Å². The average Bonchev–Trinajstić information content (AvgIpc) is 2.10. The Morgan fingerprint density at radius 2 is 2.11 bits per heavy atom. The largest absolute Gasteiger partial charge is 0.322 e. The van der Waals surface area contributed by atoms with Gasteiger partial charge < -0.3 is 5.32 Å². The molecule has 5 heteroatoms. The molecular formula is C4H3N2O3. The van der Waals surface area contributed by atoms with Gasteiger partial charge in [-0.2, -0.15) is 0 Å². The molecule has 5 nitrogen and oxygen atoms in total. The third-order valence-corrected chi connectivity index (χ3v) is 0.892. The Bertz CT molecular complexity index is 177. The number of rotatable bonds is 1. The van der Waals surface area contributed by atoms with Gasteiger partial charge in [0.15, 0.2) is 6.04 Å². The van der Waals surface area contributed by atoms with E-state index in [0.29, 0.717) is 0 Å². The maximum atomic E-state index is 10.4. The van der Waals surface area contributed by atoms with E-state index in [9.17, 15) is 14.4 Å². The van der Waals surface area contributed by atoms with Crippen LogP contribution in [0.3, 0.4) is 0 Å². The van der Waals surface area contributed by atoms with Crippen LogP contribution in [0.15, 0.2) is 0 Å². The van der Waals surface area contributed by atoms with Crippen LogP contribution in [0.1, 0.15) is 0 Å². The van der Waals surface area contributed by atoms with E-state index in [-0.39, 0.29) is 0 Å². The molecule has 2 N–H and O–H groups in total. The highest BCUT2D eigenvalue weighted by Gasteiger charge is 2.29. The van der Waals surface area contributed by atoms with E-state index in [1.54, 1.807) is 0 Å². The molecule has 0 aromatic heterocycles. The zero-order valence-electron chi connectivity index (χ0n) is 4.30. The first kappa shape index (κ1) is 5.74. The third-order valence-electron chi connectivity index (χ3n) is 0.892. The van der Waals surface area contributed by atoms with E-state index >= 15 is 0 Å². The fraction of sp³-hybridized carbons (Fsp3) is 0.250. The van der Waals surface area contributed by atoms with Gasteiger partial charge in [0.1, 0.15) is 0 Å². The van der Waals surface area contributed by atoms with E-state index in [0.717, 1.165) is 0 Å². The average molecular weight is 127 g/mol. The van der Waals surface area contributed by atoms with Crippen molar-refractivity contribution in [2.75, 3.05) is 0 Å². The van der Waals surface area contributed by atoms with Gasteiger partial charge in [-0.25, -0.2) is 4.79 Å². The summed E-state index contributed by atoms with van der Waals surface area (Å²) >= 11 is 0. The lowest BCUT2D eigenvalue weighted by atomic mass is 10.3. The minimum Gasteiger partial charge on any atom is -0.319 e. The molecule has 0 saturated carbocycles. The summed E-state index contributed by atoms with van der Waals surface area (Å²) in [5, 5.41) is 3.90. The lowest BCUT2D eigenvalue weighted by Gasteiger charge is -1.89. The third kappa shape index (κ3) is 0.883. The SMILES string of the molecule is O=[C]C1NC(=O)NC1=O. The van der Waals surface area contributed by atoms with Gasteiger partial charge in [0.05, 0.1) is 0 Å². The fourth-order valence-corrected chi connectivity index (χ4v) is 0.500. The molecule has 1 unspecified atom stereocenters. The van der Waals surface area contributed by atoms with Gasteiger partial charge in [0.25, 0.3) is 5.91 Å². The number of urea groups is 1. The van der Waals surface area contributed by atoms with Gasteiger partial charge in [-0.1, -0.05) is 0 Å². The molecule has 0 spiro atoms. The second kappa shape index (κ2) is 1.85. The summed E-state index contributed by atoms with van der Waals surface area (Å²) < 4.78 is 0. The van der Waals surface area contributed by atoms with Gasteiger partial charge in [-0.05, 0) is 0 Å². The summed E-state index contributed by atoms with van der Waals surface area (Å²) in [7, 11) is 0. The molecule has 47 valence electrons. The molecule has 0 aliphatic carbocycles. The normalized spacial score (nSPS) is 25.1. The number of carbonyl (C=O) groups is 2. The van der Waals surface area contributed by atoms with Gasteiger partial charge in [-0.3, -0.25) is 14.9 Å². The first-order valence-corrected chi connectivity index (χ1v) is 2.23. The molecule has 1 fully saturated rings. The minimum atomic E-state index is -1.11. The first-order valence-electron chi connectivity index (χ1n) is 2.23. The zero-order chi connectivity index (χ0) is 6.85. The van der Waals surface area contributed by atoms with E-state index in [1.165, 1.54) is 6.29 Å². The van der Waals surface area contributed by atoms with Crippen molar-refractivity contribution >= 4 is 18.2 Å². The first-order chi connectivity index (χ1) is 4.24. The highest BCUT2D eigenvalue weighted by molar-refractivity contribution is 6.11. The molecule has 1 saturated heterocycles. The summed E-state index contributed by atoms with van der Waals surface area (Å²) in [4.78, 5) is 30.3. The maximum Gasteiger partial charge on any atom is 0.322 e. The molecule has 1 radical (unpaired) electrons. The van der Waals surface area contributed by atoms with Crippen molar-refractivity contribution in [3.8, 4) is 0 Å². The highest BCUT2D eigenvalue weighted by atomic mass is 16.2. The second-order valence-electron chi connectivity index (χ2n) is 1.51. The second-order valence-corrected chi connectivity index (χ2v) is 1.51. The van der Waals surface area contributed by atoms with Crippen LogP contribution in [0.4, 0.5) is 4.79 Å². The van der Waals surface area contributed by atoms with Crippen molar-refractivity contribution < 1.29 is 14.4 Å². The van der Waals surface area contributed by atoms with Crippen molar-refractivity contribution in [2.24, 2.45) is 0 Å². The summed E-state index contributed by atoms with van der Waals surface area (Å²) in [5.41, 5.74) is 0. The van der Waals surface area contributed by atoms with Crippen molar-refractivity contribution in [1.82, 2.24) is 10.6 Å². The van der Waals surface area contributed by atoms with Gasteiger partial charge in [0, 0.05) is 0 Å². The molecule has 1 heterocycles. The molecule has 1 atom stereocenters. The summed E-state index contributed by atoms with van der Waals surface area (Å²) in [6.45, 7) is 0. The standard InChI is InChI=1S/C4H3N2O3/c7-1-2-3(8)6-4(9)5-2/h2H,(H2,5,6,8,9). The molecule has 0 bridgehead atoms. The van der Waals surface area contributed by atoms with Crippen LogP contribution in [0.5, 0.6) is 0 Å². The Morgan fingerprint density at radius 3 is 2.33 bits per heavy atom. The number of amides is 3. The molecule has 1 aliphatic rings. The summed E-state index contributed by atoms with van der Waals surface area (Å²) in [5.74, 6) is -0.644. The molecule has 1 rings (SSSR count). The van der Waals surface area contributed by atoms with Crippen LogP contribution >= 0.6 is 0 Å². The van der Waals surface area contributed by atoms with Crippen molar-refractivity contribution in [2.45, 2.75) is 6.04 Å². The number of imide groups is 1. The van der Waals surface area contributed by atoms with Crippen molar-refractivity contribution in [3.05, 3.63) is 0 Å². The number of hydrogen-bond acceptors (Lipinski definition) is 3. The molecule has 0 aromatic carbocycles. The van der Waals surface area contributed by atoms with E-state index < -0.39 is 18.0 Å². The van der Waals surface area contributed by atoms with Crippen LogP contribution in [0, 0.1) is 0 Å². The van der Waals surface area contributed by atoms with Crippen molar-refractivity contribution in [1.29, 1.82) is 0 Å². The Hall–Kier alpha value is -1.39. The smallest absolute Gasteiger partial charge is 0.319 e. The van der Waals surface area contributed by atoms with Crippen LogP contribution < -0.4 is 10.6 Å². The van der Waals surface area contributed by atoms with Crippen LogP contribution in [0.2, 0.25) is 0 Å². The topological polar surface area (TPSA) is 75.3 Å². The molecule has 3 amide bonds. The maximum absolute atomic E-state index is 10.4. The van der Waals surface area contributed by atoms with Crippen molar-refractivity contribution in [3.63, 3.8) is 0 Å². The molecule has 9 heavy (non-hydrogen) atoms. The summed E-state index contributed by atoms with van der Waals surface area (Å²) in [6.07, 6.45) is 1.35. The minimum absolute atomic E-state index is 0.644. The van der Waals surface area contributed by atoms with E-state index in [1.807, 2.05) is 10.6 Å². The van der Waals surface area contributed by atoms with Crippen LogP contribution in [-0.2, 0) is 9.59 Å². The van der Waals surface area contributed by atoms with Crippen LogP contribution in [-0.4, -0.2) is 24.3 Å². The van der Waals surface area contributed by atoms with Gasteiger partial charge in [0.2, 0.25) is 6.29 Å². The lowest BCUT2D eigenvalue weighted by molar-refractivity contribution is -0.118. The van der Waals surface area contributed by atoms with Gasteiger partial charge >= 0.3 is 6.03 Å². The predicted octanol–water partition coefficient (Wildman–Crippen LogP) is -1.70. The predicted molar refractivity (Wildman–Crippen MR) is 26.2 cm³/mol. The number of carbonyl (C=O) groups excluding carboxylic acids is 3. The Kier molecular flexibility index (Phi) is 1.18. The monoisotopic (exact) mass is 127 g/mol. The molecule has 1 aliphatic heterocycles. The lowest BCUT2D eigenvalue weighted by Crippen LogP contribution is -2.29. The number of hydrogen-bond donors (Lipinski definition) is 2.